The molecule has 3 aliphatic rings. The summed E-state index contributed by atoms with van der Waals surface area (Å²) in [7, 11) is 0. The number of nitrogens with one attached hydrogen (secondary N) is 2. The molecular weight excluding hydrogens is 356 g/mol. The van der Waals surface area contributed by atoms with Crippen molar-refractivity contribution in [1.29, 1.82) is 0 Å². The molecule has 0 aromatic heterocycles. The highest BCUT2D eigenvalue weighted by molar-refractivity contribution is 6.31. The molecular formula is C18H21ClN4O3. The van der Waals surface area contributed by atoms with Crippen molar-refractivity contribution < 1.29 is 14.4 Å². The molecule has 0 spiro atoms. The van der Waals surface area contributed by atoms with Crippen LogP contribution in [0, 0.1) is 6.92 Å². The lowest BCUT2D eigenvalue weighted by Crippen LogP contribution is -2.60. The topological polar surface area (TPSA) is 81.8 Å². The molecule has 26 heavy (non-hydrogen) atoms. The summed E-state index contributed by atoms with van der Waals surface area (Å²) in [6.45, 7) is 2.87. The summed E-state index contributed by atoms with van der Waals surface area (Å²) in [5, 5.41) is 6.25. The largest absolute Gasteiger partial charge is 0.333 e. The Labute approximate surface area is 156 Å². The zero-order chi connectivity index (χ0) is 18.4. The lowest BCUT2D eigenvalue weighted by molar-refractivity contribution is -0.156. The fraction of sp³-hybridized carbons (Fsp3) is 0.500. The monoisotopic (exact) mass is 376 g/mol. The molecule has 3 heterocycles. The number of carbonyl (C=O) groups is 3. The third-order valence-electron chi connectivity index (χ3n) is 5.54. The minimum Gasteiger partial charge on any atom is -0.333 e. The fourth-order valence-electron chi connectivity index (χ4n) is 4.17. The van der Waals surface area contributed by atoms with Crippen LogP contribution in [0.25, 0.3) is 0 Å². The van der Waals surface area contributed by atoms with Gasteiger partial charge in [0.05, 0.1) is 6.04 Å². The molecule has 0 radical (unpaired) electrons. The molecule has 4 rings (SSSR count). The number of amides is 4. The SMILES string of the molecule is Cc1c(Cl)cccc1NC(=O)N[C@H]1C[C@H]2C(=O)N3CCC[C@H]3C(=O)N2C1. The smallest absolute Gasteiger partial charge is 0.319 e. The average Bonchev–Trinajstić information content (AvgIpc) is 3.24. The van der Waals surface area contributed by atoms with Crippen LogP contribution in [0.3, 0.4) is 0 Å². The van der Waals surface area contributed by atoms with E-state index in [0.29, 0.717) is 30.2 Å². The summed E-state index contributed by atoms with van der Waals surface area (Å²) < 4.78 is 0. The molecule has 138 valence electrons. The van der Waals surface area contributed by atoms with Crippen molar-refractivity contribution in [3.05, 3.63) is 28.8 Å². The Morgan fingerprint density at radius 2 is 1.96 bits per heavy atom. The normalized spacial score (nSPS) is 27.4. The lowest BCUT2D eigenvalue weighted by Gasteiger charge is -2.38. The van der Waals surface area contributed by atoms with Gasteiger partial charge in [0.25, 0.3) is 0 Å². The molecule has 0 bridgehead atoms. The van der Waals surface area contributed by atoms with E-state index in [9.17, 15) is 14.4 Å². The van der Waals surface area contributed by atoms with Crippen LogP contribution in [-0.2, 0) is 9.59 Å². The van der Waals surface area contributed by atoms with Crippen molar-refractivity contribution in [3.8, 4) is 0 Å². The summed E-state index contributed by atoms with van der Waals surface area (Å²) in [6, 6.07) is 3.95. The standard InChI is InChI=1S/C18H21ClN4O3/c1-10-12(19)4-2-5-13(10)21-18(26)20-11-8-15-17(25)22-7-3-6-14(22)16(24)23(15)9-11/h2,4-5,11,14-15H,3,6-9H2,1H3,(H2,20,21,26)/t11-,14-,15-/m0/s1. The second kappa shape index (κ2) is 6.46. The van der Waals surface area contributed by atoms with Crippen LogP contribution < -0.4 is 10.6 Å². The first-order valence-electron chi connectivity index (χ1n) is 8.89. The number of hydrogen-bond acceptors (Lipinski definition) is 3. The third kappa shape index (κ3) is 2.80. The Morgan fingerprint density at radius 3 is 2.77 bits per heavy atom. The number of halogens is 1. The molecule has 7 nitrogen and oxygen atoms in total. The molecule has 3 aliphatic heterocycles. The number of rotatable bonds is 2. The molecule has 3 atom stereocenters. The van der Waals surface area contributed by atoms with E-state index in [0.717, 1.165) is 18.4 Å². The van der Waals surface area contributed by atoms with Gasteiger partial charge in [-0.1, -0.05) is 17.7 Å². The van der Waals surface area contributed by atoms with Gasteiger partial charge < -0.3 is 20.4 Å². The van der Waals surface area contributed by atoms with Crippen LogP contribution in [0.1, 0.15) is 24.8 Å². The van der Waals surface area contributed by atoms with E-state index >= 15 is 0 Å². The maximum Gasteiger partial charge on any atom is 0.319 e. The molecule has 4 amide bonds. The Hall–Kier alpha value is -2.28. The molecule has 1 aromatic rings. The molecule has 3 fully saturated rings. The summed E-state index contributed by atoms with van der Waals surface area (Å²) in [4.78, 5) is 40.9. The minimum atomic E-state index is -0.449. The lowest BCUT2D eigenvalue weighted by atomic mass is 10.1. The van der Waals surface area contributed by atoms with Crippen molar-refractivity contribution >= 4 is 35.1 Å². The molecule has 8 heteroatoms. The van der Waals surface area contributed by atoms with Crippen LogP contribution in [0.15, 0.2) is 18.2 Å². The van der Waals surface area contributed by atoms with Crippen LogP contribution in [0.2, 0.25) is 5.02 Å². The van der Waals surface area contributed by atoms with Crippen LogP contribution in [-0.4, -0.2) is 58.9 Å². The highest BCUT2D eigenvalue weighted by Crippen LogP contribution is 2.32. The van der Waals surface area contributed by atoms with Crippen molar-refractivity contribution in [3.63, 3.8) is 0 Å². The van der Waals surface area contributed by atoms with Gasteiger partial charge in [-0.15, -0.1) is 0 Å². The number of hydrogen-bond donors (Lipinski definition) is 2. The van der Waals surface area contributed by atoms with E-state index in [2.05, 4.69) is 10.6 Å². The van der Waals surface area contributed by atoms with Crippen molar-refractivity contribution in [2.75, 3.05) is 18.4 Å². The number of nitrogens with zero attached hydrogens (tertiary/aromatic N) is 2. The summed E-state index contributed by atoms with van der Waals surface area (Å²) in [6.07, 6.45) is 2.07. The van der Waals surface area contributed by atoms with Gasteiger partial charge in [-0.2, -0.15) is 0 Å². The molecule has 0 saturated carbocycles. The maximum absolute atomic E-state index is 12.6. The van der Waals surface area contributed by atoms with Gasteiger partial charge in [-0.3, -0.25) is 9.59 Å². The van der Waals surface area contributed by atoms with Gasteiger partial charge >= 0.3 is 6.03 Å². The Kier molecular flexibility index (Phi) is 4.26. The minimum absolute atomic E-state index is 0.0162. The average molecular weight is 377 g/mol. The van der Waals surface area contributed by atoms with Gasteiger partial charge in [0, 0.05) is 23.8 Å². The van der Waals surface area contributed by atoms with Crippen molar-refractivity contribution in [2.24, 2.45) is 0 Å². The van der Waals surface area contributed by atoms with Gasteiger partial charge in [0.1, 0.15) is 12.1 Å². The number of benzene rings is 1. The van der Waals surface area contributed by atoms with Gasteiger partial charge in [0.15, 0.2) is 0 Å². The molecule has 0 aliphatic carbocycles. The van der Waals surface area contributed by atoms with Crippen LogP contribution >= 0.6 is 11.6 Å². The van der Waals surface area contributed by atoms with E-state index in [1.807, 2.05) is 6.92 Å². The van der Waals surface area contributed by atoms with Crippen molar-refractivity contribution in [1.82, 2.24) is 15.1 Å². The highest BCUT2D eigenvalue weighted by Gasteiger charge is 2.51. The molecule has 0 unspecified atom stereocenters. The number of urea groups is 1. The Bertz CT molecular complexity index is 754. The second-order valence-electron chi connectivity index (χ2n) is 7.14. The second-order valence-corrected chi connectivity index (χ2v) is 7.55. The summed E-state index contributed by atoms with van der Waals surface area (Å²) in [5.74, 6) is 0.0324. The quantitative estimate of drug-likeness (QED) is 0.825. The predicted octanol–water partition coefficient (Wildman–Crippen LogP) is 1.74. The number of anilines is 1. The first kappa shape index (κ1) is 17.1. The molecule has 1 aromatic carbocycles. The highest BCUT2D eigenvalue weighted by atomic mass is 35.5. The van der Waals surface area contributed by atoms with Crippen LogP contribution in [0.4, 0.5) is 10.5 Å². The van der Waals surface area contributed by atoms with E-state index in [4.69, 9.17) is 11.6 Å². The Balaban J connectivity index is 1.41. The molecule has 3 saturated heterocycles. The van der Waals surface area contributed by atoms with Crippen molar-refractivity contribution in [2.45, 2.75) is 44.3 Å². The van der Waals surface area contributed by atoms with Gasteiger partial charge in [-0.05, 0) is 43.9 Å². The first-order valence-corrected chi connectivity index (χ1v) is 9.27. The van der Waals surface area contributed by atoms with E-state index in [-0.39, 0.29) is 29.9 Å². The zero-order valence-electron chi connectivity index (χ0n) is 14.5. The number of carbonyl (C=O) groups excluding carboxylic acids is 3. The number of piperazine rings is 1. The van der Waals surface area contributed by atoms with E-state index in [1.54, 1.807) is 28.0 Å². The maximum atomic E-state index is 12.6. The fourth-order valence-corrected chi connectivity index (χ4v) is 4.35. The summed E-state index contributed by atoms with van der Waals surface area (Å²) in [5.41, 5.74) is 1.43. The molecule has 2 N–H and O–H groups in total. The predicted molar refractivity (Wildman–Crippen MR) is 97.0 cm³/mol. The third-order valence-corrected chi connectivity index (χ3v) is 5.95. The first-order chi connectivity index (χ1) is 12.5. The van der Waals surface area contributed by atoms with E-state index in [1.165, 1.54) is 0 Å². The summed E-state index contributed by atoms with van der Waals surface area (Å²) >= 11 is 6.07. The number of fused-ring (bicyclic) bond motifs is 2. The Morgan fingerprint density at radius 1 is 1.19 bits per heavy atom. The van der Waals surface area contributed by atoms with E-state index < -0.39 is 6.04 Å². The van der Waals surface area contributed by atoms with Crippen LogP contribution in [0.5, 0.6) is 0 Å². The zero-order valence-corrected chi connectivity index (χ0v) is 15.3. The van der Waals surface area contributed by atoms with Gasteiger partial charge in [0.2, 0.25) is 11.8 Å². The van der Waals surface area contributed by atoms with Gasteiger partial charge in [-0.25, -0.2) is 4.79 Å².